The van der Waals surface area contributed by atoms with Gasteiger partial charge in [-0.1, -0.05) is 43.5 Å². The average molecular weight is 394 g/mol. The molecule has 3 N–H and O–H groups in total. The monoisotopic (exact) mass is 392 g/mol. The lowest BCUT2D eigenvalue weighted by Crippen LogP contribution is -2.30. The summed E-state index contributed by atoms with van der Waals surface area (Å²) >= 11 is 13.1. The standard InChI is InChI=1S/C11H11Br2ClN4/c1-18-11(9(14)5-16-18)10(17-15)7-4-6(12)2-3-8(7)13/h2-5,10,17H,15H2,1H3. The van der Waals surface area contributed by atoms with Gasteiger partial charge in [0.25, 0.3) is 0 Å². The van der Waals surface area contributed by atoms with Crippen LogP contribution in [0, 0.1) is 0 Å². The lowest BCUT2D eigenvalue weighted by molar-refractivity contribution is 0.573. The molecule has 1 aromatic heterocycles. The molecule has 4 nitrogen and oxygen atoms in total. The van der Waals surface area contributed by atoms with Crippen LogP contribution in [0.2, 0.25) is 5.02 Å². The first kappa shape index (κ1) is 14.0. The van der Waals surface area contributed by atoms with Crippen molar-refractivity contribution >= 4 is 43.5 Å². The molecular weight excluding hydrogens is 383 g/mol. The molecule has 1 atom stereocenters. The maximum absolute atomic E-state index is 6.15. The summed E-state index contributed by atoms with van der Waals surface area (Å²) in [6.07, 6.45) is 1.60. The fraction of sp³-hybridized carbons (Fsp3) is 0.182. The summed E-state index contributed by atoms with van der Waals surface area (Å²) in [7, 11) is 1.83. The maximum atomic E-state index is 6.15. The van der Waals surface area contributed by atoms with Crippen molar-refractivity contribution in [2.45, 2.75) is 6.04 Å². The van der Waals surface area contributed by atoms with Gasteiger partial charge in [-0.15, -0.1) is 0 Å². The summed E-state index contributed by atoms with van der Waals surface area (Å²) in [5.74, 6) is 5.67. The number of benzene rings is 1. The first-order valence-corrected chi connectivity index (χ1v) is 7.09. The molecule has 2 rings (SSSR count). The molecule has 0 fully saturated rings. The molecule has 0 bridgehead atoms. The highest BCUT2D eigenvalue weighted by molar-refractivity contribution is 9.11. The predicted molar refractivity (Wildman–Crippen MR) is 79.2 cm³/mol. The van der Waals surface area contributed by atoms with Crippen molar-refractivity contribution in [1.29, 1.82) is 0 Å². The molecule has 0 saturated heterocycles. The van der Waals surface area contributed by atoms with Crippen LogP contribution in [-0.4, -0.2) is 9.78 Å². The Hall–Kier alpha value is -0.400. The summed E-state index contributed by atoms with van der Waals surface area (Å²) < 4.78 is 3.63. The number of hydrogen-bond donors (Lipinski definition) is 2. The van der Waals surface area contributed by atoms with Gasteiger partial charge in [0.05, 0.1) is 23.0 Å². The minimum Gasteiger partial charge on any atom is -0.271 e. The van der Waals surface area contributed by atoms with Gasteiger partial charge in [0.1, 0.15) is 0 Å². The number of hydrazine groups is 1. The fourth-order valence-corrected chi connectivity index (χ4v) is 2.93. The number of rotatable bonds is 3. The molecule has 1 unspecified atom stereocenters. The molecule has 96 valence electrons. The number of aryl methyl sites for hydroxylation is 1. The van der Waals surface area contributed by atoms with Gasteiger partial charge >= 0.3 is 0 Å². The molecule has 0 aliphatic rings. The SMILES string of the molecule is Cn1ncc(Cl)c1C(NN)c1cc(Br)ccc1Br. The first-order chi connectivity index (χ1) is 8.54. The third kappa shape index (κ3) is 2.62. The fourth-order valence-electron chi connectivity index (χ4n) is 1.80. The minimum atomic E-state index is -0.239. The topological polar surface area (TPSA) is 55.9 Å². The Balaban J connectivity index is 2.55. The maximum Gasteiger partial charge on any atom is 0.0904 e. The predicted octanol–water partition coefficient (Wildman–Crippen LogP) is 3.15. The summed E-state index contributed by atoms with van der Waals surface area (Å²) in [5.41, 5.74) is 4.58. The van der Waals surface area contributed by atoms with E-state index >= 15 is 0 Å². The van der Waals surface area contributed by atoms with E-state index in [1.54, 1.807) is 10.9 Å². The van der Waals surface area contributed by atoms with Crippen LogP contribution in [0.5, 0.6) is 0 Å². The van der Waals surface area contributed by atoms with Crippen LogP contribution in [-0.2, 0) is 7.05 Å². The van der Waals surface area contributed by atoms with Crippen LogP contribution >= 0.6 is 43.5 Å². The Bertz CT molecular complexity index is 551. The molecule has 0 radical (unpaired) electrons. The van der Waals surface area contributed by atoms with Gasteiger partial charge in [-0.2, -0.15) is 5.10 Å². The average Bonchev–Trinajstić information content (AvgIpc) is 2.66. The van der Waals surface area contributed by atoms with Gasteiger partial charge in [-0.05, 0) is 23.8 Å². The van der Waals surface area contributed by atoms with E-state index in [9.17, 15) is 0 Å². The van der Waals surface area contributed by atoms with E-state index in [1.165, 1.54) is 0 Å². The van der Waals surface area contributed by atoms with Gasteiger partial charge in [-0.3, -0.25) is 10.5 Å². The minimum absolute atomic E-state index is 0.239. The third-order valence-electron chi connectivity index (χ3n) is 2.65. The van der Waals surface area contributed by atoms with Crippen molar-refractivity contribution < 1.29 is 0 Å². The van der Waals surface area contributed by atoms with Crippen LogP contribution in [0.15, 0.2) is 33.3 Å². The largest absolute Gasteiger partial charge is 0.271 e. The molecule has 0 aliphatic carbocycles. The lowest BCUT2D eigenvalue weighted by Gasteiger charge is -2.19. The number of hydrogen-bond acceptors (Lipinski definition) is 3. The van der Waals surface area contributed by atoms with Gasteiger partial charge in [0.15, 0.2) is 0 Å². The Morgan fingerprint density at radius 1 is 1.44 bits per heavy atom. The quantitative estimate of drug-likeness (QED) is 0.621. The molecule has 0 saturated carbocycles. The Labute approximate surface area is 127 Å². The van der Waals surface area contributed by atoms with E-state index in [1.807, 2.05) is 25.2 Å². The Morgan fingerprint density at radius 2 is 2.17 bits per heavy atom. The summed E-state index contributed by atoms with van der Waals surface area (Å²) in [6.45, 7) is 0. The normalized spacial score (nSPS) is 12.7. The van der Waals surface area contributed by atoms with Crippen LogP contribution in [0.4, 0.5) is 0 Å². The van der Waals surface area contributed by atoms with Gasteiger partial charge in [0, 0.05) is 16.0 Å². The summed E-state index contributed by atoms with van der Waals surface area (Å²) in [6, 6.07) is 5.65. The van der Waals surface area contributed by atoms with Crippen LogP contribution < -0.4 is 11.3 Å². The first-order valence-electron chi connectivity index (χ1n) is 5.13. The van der Waals surface area contributed by atoms with E-state index in [-0.39, 0.29) is 6.04 Å². The Morgan fingerprint density at radius 3 is 2.72 bits per heavy atom. The van der Waals surface area contributed by atoms with Gasteiger partial charge < -0.3 is 0 Å². The van der Waals surface area contributed by atoms with Crippen molar-refractivity contribution in [3.63, 3.8) is 0 Å². The highest BCUT2D eigenvalue weighted by atomic mass is 79.9. The molecular formula is C11H11Br2ClN4. The molecule has 0 spiro atoms. The second-order valence-corrected chi connectivity index (χ2v) is 5.94. The third-order valence-corrected chi connectivity index (χ3v) is 4.15. The number of nitrogens with two attached hydrogens (primary N) is 1. The van der Waals surface area contributed by atoms with Gasteiger partial charge in [-0.25, -0.2) is 5.43 Å². The van der Waals surface area contributed by atoms with E-state index in [0.717, 1.165) is 20.2 Å². The van der Waals surface area contributed by atoms with Crippen LogP contribution in [0.25, 0.3) is 0 Å². The van der Waals surface area contributed by atoms with Crippen molar-refractivity contribution in [3.8, 4) is 0 Å². The zero-order valence-electron chi connectivity index (χ0n) is 9.49. The number of nitrogens with zero attached hydrogens (tertiary/aromatic N) is 2. The van der Waals surface area contributed by atoms with Crippen molar-refractivity contribution in [2.24, 2.45) is 12.9 Å². The number of nitrogens with one attached hydrogen (secondary N) is 1. The highest BCUT2D eigenvalue weighted by Gasteiger charge is 2.22. The molecule has 18 heavy (non-hydrogen) atoms. The summed E-state index contributed by atoms with van der Waals surface area (Å²) in [4.78, 5) is 0. The van der Waals surface area contributed by atoms with Gasteiger partial charge in [0.2, 0.25) is 0 Å². The van der Waals surface area contributed by atoms with E-state index in [4.69, 9.17) is 17.4 Å². The molecule has 0 aliphatic heterocycles. The molecule has 0 amide bonds. The molecule has 2 aromatic rings. The molecule has 1 heterocycles. The zero-order valence-corrected chi connectivity index (χ0v) is 13.4. The van der Waals surface area contributed by atoms with Crippen molar-refractivity contribution in [3.05, 3.63) is 49.6 Å². The summed E-state index contributed by atoms with van der Waals surface area (Å²) in [5, 5.41) is 4.70. The van der Waals surface area contributed by atoms with Crippen LogP contribution in [0.3, 0.4) is 0 Å². The lowest BCUT2D eigenvalue weighted by atomic mass is 10.0. The number of halogens is 3. The van der Waals surface area contributed by atoms with E-state index in [2.05, 4.69) is 42.4 Å². The smallest absolute Gasteiger partial charge is 0.0904 e. The van der Waals surface area contributed by atoms with Crippen molar-refractivity contribution in [2.75, 3.05) is 0 Å². The second kappa shape index (κ2) is 5.71. The van der Waals surface area contributed by atoms with Crippen molar-refractivity contribution in [1.82, 2.24) is 15.2 Å². The molecule has 1 aromatic carbocycles. The Kier molecular flexibility index (Phi) is 4.45. The van der Waals surface area contributed by atoms with Crippen LogP contribution in [0.1, 0.15) is 17.3 Å². The van der Waals surface area contributed by atoms with E-state index < -0.39 is 0 Å². The number of aromatic nitrogens is 2. The second-order valence-electron chi connectivity index (χ2n) is 3.77. The zero-order chi connectivity index (χ0) is 13.3. The molecule has 7 heteroatoms. The van der Waals surface area contributed by atoms with E-state index in [0.29, 0.717) is 5.02 Å². The highest BCUT2D eigenvalue weighted by Crippen LogP contribution is 2.33.